The molecule has 2 heterocycles. The number of thiophene rings is 1. The molecule has 8 nitrogen and oxygen atoms in total. The lowest BCUT2D eigenvalue weighted by Crippen LogP contribution is -2.50. The fraction of sp³-hybridized carbons (Fsp3) is 0.250. The number of piperazine rings is 1. The van der Waals surface area contributed by atoms with E-state index in [0.29, 0.717) is 29.2 Å². The number of hydrogen-bond acceptors (Lipinski definition) is 7. The number of methoxy groups -OCH3 is 1. The van der Waals surface area contributed by atoms with E-state index in [1.165, 1.54) is 34.9 Å². The van der Waals surface area contributed by atoms with Gasteiger partial charge in [0.15, 0.2) is 0 Å². The minimum Gasteiger partial charge on any atom is -0.465 e. The van der Waals surface area contributed by atoms with Crippen molar-refractivity contribution in [2.75, 3.05) is 45.2 Å². The lowest BCUT2D eigenvalue weighted by atomic mass is 10.0. The van der Waals surface area contributed by atoms with Gasteiger partial charge in [0.1, 0.15) is 16.4 Å². The highest BCUT2D eigenvalue weighted by molar-refractivity contribution is 7.89. The molecule has 1 aliphatic heterocycles. The molecule has 35 heavy (non-hydrogen) atoms. The Morgan fingerprint density at radius 2 is 1.69 bits per heavy atom. The maximum Gasteiger partial charge on any atom is 0.341 e. The van der Waals surface area contributed by atoms with Crippen LogP contribution < -0.4 is 5.32 Å². The number of nitrogens with zero attached hydrogens (tertiary/aromatic N) is 2. The van der Waals surface area contributed by atoms with Crippen molar-refractivity contribution < 1.29 is 27.1 Å². The van der Waals surface area contributed by atoms with Gasteiger partial charge in [-0.3, -0.25) is 9.69 Å². The molecule has 1 amide bonds. The van der Waals surface area contributed by atoms with Crippen LogP contribution in [0.1, 0.15) is 10.4 Å². The van der Waals surface area contributed by atoms with Crippen molar-refractivity contribution in [3.63, 3.8) is 0 Å². The van der Waals surface area contributed by atoms with Gasteiger partial charge in [-0.15, -0.1) is 11.3 Å². The zero-order valence-electron chi connectivity index (χ0n) is 18.9. The van der Waals surface area contributed by atoms with Crippen molar-refractivity contribution in [3.8, 4) is 11.1 Å². The predicted molar refractivity (Wildman–Crippen MR) is 131 cm³/mol. The minimum atomic E-state index is -3.73. The molecule has 1 aliphatic rings. The number of sulfonamides is 1. The molecule has 0 spiro atoms. The fourth-order valence-corrected chi connectivity index (χ4v) is 6.23. The lowest BCUT2D eigenvalue weighted by molar-refractivity contribution is -0.117. The Morgan fingerprint density at radius 3 is 2.31 bits per heavy atom. The standard InChI is InChI=1S/C24H24FN3O5S2/c1-33-24(30)22-20(17-5-3-2-4-6-17)16-34-23(22)26-21(29)15-27-11-13-28(14-12-27)35(31,32)19-9-7-18(25)8-10-19/h2-10,16H,11-15H2,1H3,(H,26,29). The molecule has 1 saturated heterocycles. The summed E-state index contributed by atoms with van der Waals surface area (Å²) in [6.45, 7) is 1.17. The Balaban J connectivity index is 1.39. The van der Waals surface area contributed by atoms with E-state index in [9.17, 15) is 22.4 Å². The number of halogens is 1. The van der Waals surface area contributed by atoms with Crippen LogP contribution in [0, 0.1) is 5.82 Å². The second-order valence-electron chi connectivity index (χ2n) is 7.89. The molecule has 0 bridgehead atoms. The summed E-state index contributed by atoms with van der Waals surface area (Å²) in [7, 11) is -2.44. The van der Waals surface area contributed by atoms with Gasteiger partial charge >= 0.3 is 5.97 Å². The van der Waals surface area contributed by atoms with Crippen molar-refractivity contribution >= 4 is 38.2 Å². The van der Waals surface area contributed by atoms with Crippen LogP contribution in [0.25, 0.3) is 11.1 Å². The van der Waals surface area contributed by atoms with E-state index in [4.69, 9.17) is 4.74 Å². The molecule has 2 aromatic carbocycles. The number of carbonyl (C=O) groups excluding carboxylic acids is 2. The molecule has 1 aromatic heterocycles. The van der Waals surface area contributed by atoms with Gasteiger partial charge in [-0.25, -0.2) is 17.6 Å². The van der Waals surface area contributed by atoms with Gasteiger partial charge in [-0.05, 0) is 29.8 Å². The summed E-state index contributed by atoms with van der Waals surface area (Å²) in [4.78, 5) is 27.1. The smallest absolute Gasteiger partial charge is 0.341 e. The van der Waals surface area contributed by atoms with Crippen LogP contribution in [0.5, 0.6) is 0 Å². The van der Waals surface area contributed by atoms with Crippen LogP contribution in [-0.2, 0) is 19.6 Å². The first-order valence-corrected chi connectivity index (χ1v) is 13.1. The van der Waals surface area contributed by atoms with Crippen LogP contribution >= 0.6 is 11.3 Å². The van der Waals surface area contributed by atoms with Crippen LogP contribution in [0.2, 0.25) is 0 Å². The summed E-state index contributed by atoms with van der Waals surface area (Å²) < 4.78 is 45.0. The van der Waals surface area contributed by atoms with Gasteiger partial charge in [0.25, 0.3) is 0 Å². The van der Waals surface area contributed by atoms with Crippen molar-refractivity contribution in [3.05, 3.63) is 71.4 Å². The Kier molecular flexibility index (Phi) is 7.60. The van der Waals surface area contributed by atoms with Gasteiger partial charge in [0.2, 0.25) is 15.9 Å². The van der Waals surface area contributed by atoms with Crippen molar-refractivity contribution in [1.29, 1.82) is 0 Å². The monoisotopic (exact) mass is 517 g/mol. The SMILES string of the molecule is COC(=O)c1c(-c2ccccc2)csc1NC(=O)CN1CCN(S(=O)(=O)c2ccc(F)cc2)CC1. The van der Waals surface area contributed by atoms with E-state index in [-0.39, 0.29) is 30.4 Å². The molecule has 0 radical (unpaired) electrons. The van der Waals surface area contributed by atoms with E-state index in [1.807, 2.05) is 35.2 Å². The van der Waals surface area contributed by atoms with E-state index in [1.54, 1.807) is 5.38 Å². The normalized spacial score (nSPS) is 15.0. The maximum absolute atomic E-state index is 13.1. The number of anilines is 1. The molecule has 184 valence electrons. The lowest BCUT2D eigenvalue weighted by Gasteiger charge is -2.33. The highest BCUT2D eigenvalue weighted by atomic mass is 32.2. The Hall–Kier alpha value is -3.12. The van der Waals surface area contributed by atoms with Crippen LogP contribution in [-0.4, -0.2) is 69.3 Å². The summed E-state index contributed by atoms with van der Waals surface area (Å²) in [5.74, 6) is -1.36. The van der Waals surface area contributed by atoms with Crippen molar-refractivity contribution in [1.82, 2.24) is 9.21 Å². The molecule has 3 aromatic rings. The number of benzene rings is 2. The van der Waals surface area contributed by atoms with Crippen LogP contribution in [0.4, 0.5) is 9.39 Å². The number of nitrogens with one attached hydrogen (secondary N) is 1. The summed E-state index contributed by atoms with van der Waals surface area (Å²) in [5.41, 5.74) is 1.81. The van der Waals surface area contributed by atoms with Crippen molar-refractivity contribution in [2.24, 2.45) is 0 Å². The first-order chi connectivity index (χ1) is 16.8. The van der Waals surface area contributed by atoms with E-state index < -0.39 is 21.8 Å². The molecule has 0 aliphatic carbocycles. The number of carbonyl (C=O) groups is 2. The van der Waals surface area contributed by atoms with Crippen molar-refractivity contribution in [2.45, 2.75) is 4.90 Å². The molecule has 4 rings (SSSR count). The van der Waals surface area contributed by atoms with Gasteiger partial charge in [0.05, 0.1) is 18.6 Å². The quantitative estimate of drug-likeness (QED) is 0.484. The Labute approximate surface area is 207 Å². The van der Waals surface area contributed by atoms with E-state index >= 15 is 0 Å². The highest BCUT2D eigenvalue weighted by Crippen LogP contribution is 2.36. The molecular weight excluding hydrogens is 493 g/mol. The minimum absolute atomic E-state index is 0.0346. The summed E-state index contributed by atoms with van der Waals surface area (Å²) in [6.07, 6.45) is 0. The number of amides is 1. The van der Waals surface area contributed by atoms with Gasteiger partial charge in [-0.2, -0.15) is 4.31 Å². The molecular formula is C24H24FN3O5S2. The average Bonchev–Trinajstić information content (AvgIpc) is 3.28. The van der Waals surface area contributed by atoms with Gasteiger partial charge < -0.3 is 10.1 Å². The first kappa shape index (κ1) is 25.0. The second-order valence-corrected chi connectivity index (χ2v) is 10.7. The molecule has 1 N–H and O–H groups in total. The summed E-state index contributed by atoms with van der Waals surface area (Å²) >= 11 is 1.24. The predicted octanol–water partition coefficient (Wildman–Crippen LogP) is 3.29. The molecule has 1 fully saturated rings. The number of hydrogen-bond donors (Lipinski definition) is 1. The third-order valence-corrected chi connectivity index (χ3v) is 8.48. The molecule has 0 saturated carbocycles. The highest BCUT2D eigenvalue weighted by Gasteiger charge is 2.29. The number of rotatable bonds is 7. The maximum atomic E-state index is 13.1. The largest absolute Gasteiger partial charge is 0.465 e. The third-order valence-electron chi connectivity index (χ3n) is 5.67. The van der Waals surface area contributed by atoms with E-state index in [2.05, 4.69) is 5.32 Å². The molecule has 0 atom stereocenters. The van der Waals surface area contributed by atoms with E-state index in [0.717, 1.165) is 17.7 Å². The van der Waals surface area contributed by atoms with Crippen LogP contribution in [0.15, 0.2) is 64.9 Å². The Morgan fingerprint density at radius 1 is 1.03 bits per heavy atom. The topological polar surface area (TPSA) is 96.0 Å². The number of ether oxygens (including phenoxy) is 1. The summed E-state index contributed by atoms with van der Waals surface area (Å²) in [5, 5.41) is 5.01. The molecule has 0 unspecified atom stereocenters. The Bertz CT molecular complexity index is 1300. The first-order valence-electron chi connectivity index (χ1n) is 10.8. The number of esters is 1. The zero-order valence-corrected chi connectivity index (χ0v) is 20.6. The third kappa shape index (κ3) is 5.59. The van der Waals surface area contributed by atoms with Crippen LogP contribution in [0.3, 0.4) is 0 Å². The fourth-order valence-electron chi connectivity index (χ4n) is 3.84. The zero-order chi connectivity index (χ0) is 25.0. The van der Waals surface area contributed by atoms with Gasteiger partial charge in [-0.1, -0.05) is 30.3 Å². The second kappa shape index (κ2) is 10.6. The van der Waals surface area contributed by atoms with Gasteiger partial charge in [0, 0.05) is 37.1 Å². The summed E-state index contributed by atoms with van der Waals surface area (Å²) in [6, 6.07) is 14.1. The molecule has 11 heteroatoms. The average molecular weight is 518 g/mol.